The zero-order valence-corrected chi connectivity index (χ0v) is 14.8. The Bertz CT molecular complexity index is 374. The molecule has 23 heavy (non-hydrogen) atoms. The molecule has 3 fully saturated rings. The minimum Gasteiger partial charge on any atom is -0.378 e. The first-order valence-electron chi connectivity index (χ1n) is 9.82. The molecule has 0 bridgehead atoms. The van der Waals surface area contributed by atoms with Gasteiger partial charge in [0, 0.05) is 45.8 Å². The normalized spacial score (nSPS) is 30.7. The van der Waals surface area contributed by atoms with Gasteiger partial charge in [0.15, 0.2) is 0 Å². The molecule has 2 aliphatic heterocycles. The highest BCUT2D eigenvalue weighted by Gasteiger charge is 2.26. The topological polar surface area (TPSA) is 32.8 Å². The van der Waals surface area contributed by atoms with Gasteiger partial charge in [0.05, 0.1) is 6.10 Å². The van der Waals surface area contributed by atoms with E-state index in [4.69, 9.17) is 4.74 Å². The van der Waals surface area contributed by atoms with Gasteiger partial charge in [-0.15, -0.1) is 0 Å². The van der Waals surface area contributed by atoms with Crippen LogP contribution in [0, 0.1) is 11.8 Å². The quantitative estimate of drug-likeness (QED) is 0.780. The molecule has 4 nitrogen and oxygen atoms in total. The number of piperazine rings is 1. The second kappa shape index (κ2) is 8.48. The van der Waals surface area contributed by atoms with Crippen LogP contribution in [0.15, 0.2) is 0 Å². The highest BCUT2D eigenvalue weighted by molar-refractivity contribution is 5.76. The van der Waals surface area contributed by atoms with Gasteiger partial charge in [-0.05, 0) is 38.0 Å². The maximum Gasteiger partial charge on any atom is 0.222 e. The lowest BCUT2D eigenvalue weighted by Crippen LogP contribution is -2.50. The number of hydrogen-bond donors (Lipinski definition) is 0. The fourth-order valence-electron chi connectivity index (χ4n) is 4.59. The van der Waals surface area contributed by atoms with E-state index in [1.54, 1.807) is 0 Å². The van der Waals surface area contributed by atoms with Crippen molar-refractivity contribution in [1.29, 1.82) is 0 Å². The predicted molar refractivity (Wildman–Crippen MR) is 92.4 cm³/mol. The van der Waals surface area contributed by atoms with Gasteiger partial charge >= 0.3 is 0 Å². The first-order valence-corrected chi connectivity index (χ1v) is 9.82. The lowest BCUT2D eigenvalue weighted by molar-refractivity contribution is -0.133. The Morgan fingerprint density at radius 1 is 1.04 bits per heavy atom. The molecule has 3 rings (SSSR count). The van der Waals surface area contributed by atoms with E-state index in [-0.39, 0.29) is 0 Å². The summed E-state index contributed by atoms with van der Waals surface area (Å²) in [5, 5.41) is 0. The predicted octanol–water partition coefficient (Wildman–Crippen LogP) is 2.92. The molecule has 1 saturated carbocycles. The van der Waals surface area contributed by atoms with Crippen LogP contribution in [-0.2, 0) is 9.53 Å². The zero-order valence-electron chi connectivity index (χ0n) is 14.8. The van der Waals surface area contributed by atoms with Crippen molar-refractivity contribution in [3.05, 3.63) is 0 Å². The van der Waals surface area contributed by atoms with Crippen molar-refractivity contribution in [2.24, 2.45) is 11.8 Å². The highest BCUT2D eigenvalue weighted by Crippen LogP contribution is 2.28. The van der Waals surface area contributed by atoms with Crippen LogP contribution in [0.3, 0.4) is 0 Å². The smallest absolute Gasteiger partial charge is 0.222 e. The number of amides is 1. The summed E-state index contributed by atoms with van der Waals surface area (Å²) in [5.41, 5.74) is 0. The van der Waals surface area contributed by atoms with Crippen molar-refractivity contribution in [2.45, 2.75) is 64.4 Å². The molecule has 0 aromatic carbocycles. The largest absolute Gasteiger partial charge is 0.378 e. The molecular weight excluding hydrogens is 288 g/mol. The van der Waals surface area contributed by atoms with E-state index < -0.39 is 0 Å². The van der Waals surface area contributed by atoms with Gasteiger partial charge in [-0.25, -0.2) is 0 Å². The lowest BCUT2D eigenvalue weighted by atomic mass is 9.95. The summed E-state index contributed by atoms with van der Waals surface area (Å²) in [4.78, 5) is 17.1. The fraction of sp³-hybridized carbons (Fsp3) is 0.947. The number of hydrogen-bond acceptors (Lipinski definition) is 3. The van der Waals surface area contributed by atoms with Gasteiger partial charge in [0.25, 0.3) is 0 Å². The Labute approximate surface area is 141 Å². The molecule has 2 saturated heterocycles. The van der Waals surface area contributed by atoms with Crippen LogP contribution in [0.25, 0.3) is 0 Å². The Hall–Kier alpha value is -0.610. The first kappa shape index (κ1) is 17.2. The van der Waals surface area contributed by atoms with Gasteiger partial charge in [-0.3, -0.25) is 9.69 Å². The monoisotopic (exact) mass is 322 g/mol. The molecule has 4 heteroatoms. The van der Waals surface area contributed by atoms with E-state index in [2.05, 4.69) is 16.7 Å². The third kappa shape index (κ3) is 5.18. The van der Waals surface area contributed by atoms with E-state index in [9.17, 15) is 4.79 Å². The molecule has 0 spiro atoms. The minimum atomic E-state index is 0.399. The summed E-state index contributed by atoms with van der Waals surface area (Å²) in [7, 11) is 0. The van der Waals surface area contributed by atoms with Crippen molar-refractivity contribution in [2.75, 3.05) is 39.3 Å². The Morgan fingerprint density at radius 3 is 2.48 bits per heavy atom. The van der Waals surface area contributed by atoms with Gasteiger partial charge in [0.2, 0.25) is 5.91 Å². The second-order valence-electron chi connectivity index (χ2n) is 7.94. The molecular formula is C19H34N2O2. The third-order valence-electron chi connectivity index (χ3n) is 6.08. The molecule has 1 aliphatic carbocycles. The first-order chi connectivity index (χ1) is 11.2. The van der Waals surface area contributed by atoms with Gasteiger partial charge < -0.3 is 9.64 Å². The van der Waals surface area contributed by atoms with Crippen LogP contribution in [0.2, 0.25) is 0 Å². The van der Waals surface area contributed by atoms with Crippen LogP contribution in [0.5, 0.6) is 0 Å². The van der Waals surface area contributed by atoms with Gasteiger partial charge in [-0.2, -0.15) is 0 Å². The van der Waals surface area contributed by atoms with Crippen LogP contribution < -0.4 is 0 Å². The van der Waals surface area contributed by atoms with Crippen LogP contribution in [0.4, 0.5) is 0 Å². The van der Waals surface area contributed by atoms with Gasteiger partial charge in [0.1, 0.15) is 0 Å². The number of carbonyl (C=O) groups is 1. The Morgan fingerprint density at radius 2 is 1.78 bits per heavy atom. The van der Waals surface area contributed by atoms with Crippen molar-refractivity contribution >= 4 is 5.91 Å². The molecule has 132 valence electrons. The van der Waals surface area contributed by atoms with E-state index in [1.807, 2.05) is 0 Å². The summed E-state index contributed by atoms with van der Waals surface area (Å²) >= 11 is 0. The minimum absolute atomic E-state index is 0.399. The average Bonchev–Trinajstić information content (AvgIpc) is 3.07. The SMILES string of the molecule is C[C@H]1C[C@@H](CN2CCN(C(=O)CCC3CCCC3)CC2)CCO1. The van der Waals surface area contributed by atoms with E-state index >= 15 is 0 Å². The van der Waals surface area contributed by atoms with Crippen LogP contribution in [-0.4, -0.2) is 61.1 Å². The summed E-state index contributed by atoms with van der Waals surface area (Å²) in [5.74, 6) is 2.01. The van der Waals surface area contributed by atoms with Crippen molar-refractivity contribution in [1.82, 2.24) is 9.80 Å². The molecule has 0 aromatic heterocycles. The molecule has 0 unspecified atom stereocenters. The van der Waals surface area contributed by atoms with Gasteiger partial charge in [-0.1, -0.05) is 25.7 Å². The number of rotatable bonds is 5. The molecule has 3 aliphatic rings. The molecule has 0 radical (unpaired) electrons. The number of nitrogens with zero attached hydrogens (tertiary/aromatic N) is 2. The summed E-state index contributed by atoms with van der Waals surface area (Å²) in [6.07, 6.45) is 10.2. The standard InChI is InChI=1S/C19H34N2O2/c1-16-14-18(8-13-23-16)15-20-9-11-21(12-10-20)19(22)7-6-17-4-2-3-5-17/h16-18H,2-15H2,1H3/t16-,18-/m0/s1. The molecule has 0 aromatic rings. The number of ether oxygens (including phenoxy) is 1. The second-order valence-corrected chi connectivity index (χ2v) is 7.94. The number of carbonyl (C=O) groups excluding carboxylic acids is 1. The molecule has 2 atom stereocenters. The average molecular weight is 322 g/mol. The lowest BCUT2D eigenvalue weighted by Gasteiger charge is -2.38. The summed E-state index contributed by atoms with van der Waals surface area (Å²) < 4.78 is 5.64. The summed E-state index contributed by atoms with van der Waals surface area (Å²) in [6.45, 7) is 8.28. The Balaban J connectivity index is 1.33. The van der Waals surface area contributed by atoms with Crippen molar-refractivity contribution < 1.29 is 9.53 Å². The molecule has 1 amide bonds. The molecule has 0 N–H and O–H groups in total. The summed E-state index contributed by atoms with van der Waals surface area (Å²) in [6, 6.07) is 0. The van der Waals surface area contributed by atoms with E-state index in [0.29, 0.717) is 12.0 Å². The maximum atomic E-state index is 12.4. The highest BCUT2D eigenvalue weighted by atomic mass is 16.5. The van der Waals surface area contributed by atoms with Crippen molar-refractivity contribution in [3.63, 3.8) is 0 Å². The van der Waals surface area contributed by atoms with E-state index in [0.717, 1.165) is 57.5 Å². The third-order valence-corrected chi connectivity index (χ3v) is 6.08. The maximum absolute atomic E-state index is 12.4. The molecule has 2 heterocycles. The fourth-order valence-corrected chi connectivity index (χ4v) is 4.59. The van der Waals surface area contributed by atoms with Crippen molar-refractivity contribution in [3.8, 4) is 0 Å². The van der Waals surface area contributed by atoms with Crippen LogP contribution in [0.1, 0.15) is 58.3 Å². The van der Waals surface area contributed by atoms with E-state index in [1.165, 1.54) is 45.1 Å². The Kier molecular flexibility index (Phi) is 6.35. The zero-order chi connectivity index (χ0) is 16.1. The van der Waals surface area contributed by atoms with Crippen LogP contribution >= 0.6 is 0 Å².